The van der Waals surface area contributed by atoms with E-state index in [4.69, 9.17) is 5.73 Å². The van der Waals surface area contributed by atoms with Crippen LogP contribution in [0.2, 0.25) is 0 Å². The van der Waals surface area contributed by atoms with Crippen LogP contribution in [-0.2, 0) is 20.8 Å². The highest BCUT2D eigenvalue weighted by Gasteiger charge is 2.20. The van der Waals surface area contributed by atoms with E-state index in [0.717, 1.165) is 12.1 Å². The predicted octanol–water partition coefficient (Wildman–Crippen LogP) is 0.847. The summed E-state index contributed by atoms with van der Waals surface area (Å²) in [6.45, 7) is 1.34. The molecule has 0 aromatic heterocycles. The van der Waals surface area contributed by atoms with Gasteiger partial charge in [0.05, 0.1) is 6.42 Å². The van der Waals surface area contributed by atoms with Gasteiger partial charge in [-0.25, -0.2) is 8.78 Å². The maximum atomic E-state index is 13.4. The number of hydrogen-bond acceptors (Lipinski definition) is 3. The summed E-state index contributed by atoms with van der Waals surface area (Å²) in [6.07, 6.45) is -0.430. The van der Waals surface area contributed by atoms with E-state index in [1.165, 1.54) is 13.0 Å². The summed E-state index contributed by atoms with van der Waals surface area (Å²) in [7, 11) is 0. The van der Waals surface area contributed by atoms with Gasteiger partial charge in [0.1, 0.15) is 23.5 Å². The molecule has 0 fully saturated rings. The van der Waals surface area contributed by atoms with Crippen LogP contribution in [0.25, 0.3) is 0 Å². The molecule has 0 spiro atoms. The van der Waals surface area contributed by atoms with Gasteiger partial charge >= 0.3 is 0 Å². The number of Topliss-reactive ketones (excluding diaryl/α,β-unsaturated/α-hetero) is 1. The zero-order chi connectivity index (χ0) is 16.0. The Bertz CT molecular complexity index is 541. The van der Waals surface area contributed by atoms with Crippen molar-refractivity contribution in [3.05, 3.63) is 35.4 Å². The monoisotopic (exact) mass is 298 g/mol. The van der Waals surface area contributed by atoms with Gasteiger partial charge in [0.15, 0.2) is 0 Å². The number of rotatable bonds is 7. The van der Waals surface area contributed by atoms with Gasteiger partial charge in [0.2, 0.25) is 11.8 Å². The van der Waals surface area contributed by atoms with Crippen LogP contribution in [0.1, 0.15) is 25.3 Å². The van der Waals surface area contributed by atoms with Crippen molar-refractivity contribution in [3.63, 3.8) is 0 Å². The van der Waals surface area contributed by atoms with Crippen molar-refractivity contribution < 1.29 is 23.2 Å². The Labute approximate surface area is 120 Å². The van der Waals surface area contributed by atoms with Gasteiger partial charge in [0.25, 0.3) is 0 Å². The molecule has 1 rings (SSSR count). The van der Waals surface area contributed by atoms with E-state index in [1.54, 1.807) is 0 Å². The average molecular weight is 298 g/mol. The van der Waals surface area contributed by atoms with Crippen LogP contribution in [0.4, 0.5) is 8.78 Å². The lowest BCUT2D eigenvalue weighted by Crippen LogP contribution is -2.45. The number of nitrogens with two attached hydrogens (primary N) is 1. The van der Waals surface area contributed by atoms with E-state index in [9.17, 15) is 23.2 Å². The molecule has 1 aromatic rings. The molecule has 114 valence electrons. The van der Waals surface area contributed by atoms with Gasteiger partial charge in [-0.2, -0.15) is 0 Å². The van der Waals surface area contributed by atoms with Gasteiger partial charge < -0.3 is 15.8 Å². The Morgan fingerprint density at radius 3 is 2.29 bits per heavy atom. The van der Waals surface area contributed by atoms with Crippen LogP contribution in [0.5, 0.6) is 0 Å². The average Bonchev–Trinajstić information content (AvgIpc) is 2.38. The molecule has 1 aromatic carbocycles. The van der Waals surface area contributed by atoms with Gasteiger partial charge in [-0.15, -0.1) is 0 Å². The topological polar surface area (TPSA) is 89.3 Å². The Kier molecular flexibility index (Phi) is 5.95. The first-order valence-electron chi connectivity index (χ1n) is 6.32. The van der Waals surface area contributed by atoms with Crippen LogP contribution < -0.4 is 11.1 Å². The molecule has 0 aliphatic rings. The second-order valence-corrected chi connectivity index (χ2v) is 4.64. The number of ketones is 1. The summed E-state index contributed by atoms with van der Waals surface area (Å²) in [5, 5.41) is 2.28. The third-order valence-corrected chi connectivity index (χ3v) is 2.86. The Hall–Kier alpha value is -2.31. The van der Waals surface area contributed by atoms with Crippen molar-refractivity contribution in [2.75, 3.05) is 0 Å². The lowest BCUT2D eigenvalue weighted by Gasteiger charge is -2.15. The number of primary amides is 1. The minimum atomic E-state index is -1.05. The molecule has 5 nitrogen and oxygen atoms in total. The van der Waals surface area contributed by atoms with Crippen LogP contribution >= 0.6 is 0 Å². The molecule has 7 heteroatoms. The third kappa shape index (κ3) is 5.29. The minimum absolute atomic E-state index is 0.0517. The van der Waals surface area contributed by atoms with Crippen molar-refractivity contribution in [1.29, 1.82) is 0 Å². The zero-order valence-corrected chi connectivity index (χ0v) is 11.5. The maximum absolute atomic E-state index is 13.4. The highest BCUT2D eigenvalue weighted by Crippen LogP contribution is 2.12. The van der Waals surface area contributed by atoms with Gasteiger partial charge in [-0.1, -0.05) is 6.07 Å². The van der Waals surface area contributed by atoms with Crippen LogP contribution in [0.3, 0.4) is 0 Å². The van der Waals surface area contributed by atoms with Crippen molar-refractivity contribution in [3.8, 4) is 0 Å². The molecule has 0 aliphatic carbocycles. The molecule has 2 amide bonds. The largest absolute Gasteiger partial charge is 0.368 e. The fraction of sp³-hybridized carbons (Fsp3) is 0.357. The SMILES string of the molecule is CC(=O)CC[C@H](NC(=O)Cc1c(F)cccc1F)C(N)=O. The third-order valence-electron chi connectivity index (χ3n) is 2.86. The smallest absolute Gasteiger partial charge is 0.240 e. The van der Waals surface area contributed by atoms with Crippen LogP contribution in [-0.4, -0.2) is 23.6 Å². The molecule has 0 aliphatic heterocycles. The van der Waals surface area contributed by atoms with E-state index in [0.29, 0.717) is 0 Å². The van der Waals surface area contributed by atoms with Gasteiger partial charge in [-0.05, 0) is 25.5 Å². The number of carbonyl (C=O) groups is 3. The second-order valence-electron chi connectivity index (χ2n) is 4.64. The predicted molar refractivity (Wildman–Crippen MR) is 71.1 cm³/mol. The summed E-state index contributed by atoms with van der Waals surface area (Å²) in [6, 6.07) is 2.21. The molecule has 0 radical (unpaired) electrons. The summed E-state index contributed by atoms with van der Waals surface area (Å²) < 4.78 is 26.8. The minimum Gasteiger partial charge on any atom is -0.368 e. The molecular formula is C14H16F2N2O3. The van der Waals surface area contributed by atoms with E-state index in [2.05, 4.69) is 5.32 Å². The van der Waals surface area contributed by atoms with Crippen molar-refractivity contribution >= 4 is 17.6 Å². The highest BCUT2D eigenvalue weighted by molar-refractivity contribution is 5.88. The molecule has 3 N–H and O–H groups in total. The number of halogens is 2. The second kappa shape index (κ2) is 7.47. The summed E-state index contributed by atoms with van der Waals surface area (Å²) in [5.74, 6) is -3.39. The first-order valence-corrected chi connectivity index (χ1v) is 6.32. The fourth-order valence-corrected chi connectivity index (χ4v) is 1.74. The van der Waals surface area contributed by atoms with E-state index >= 15 is 0 Å². The van der Waals surface area contributed by atoms with E-state index in [1.807, 2.05) is 0 Å². The Balaban J connectivity index is 2.70. The number of benzene rings is 1. The summed E-state index contributed by atoms with van der Waals surface area (Å²) >= 11 is 0. The maximum Gasteiger partial charge on any atom is 0.240 e. The summed E-state index contributed by atoms with van der Waals surface area (Å²) in [5.41, 5.74) is 4.73. The number of amides is 2. The van der Waals surface area contributed by atoms with Gasteiger partial charge in [0, 0.05) is 12.0 Å². The lowest BCUT2D eigenvalue weighted by molar-refractivity contribution is -0.127. The normalized spacial score (nSPS) is 11.8. The van der Waals surface area contributed by atoms with Crippen molar-refractivity contribution in [2.24, 2.45) is 5.73 Å². The van der Waals surface area contributed by atoms with Crippen molar-refractivity contribution in [1.82, 2.24) is 5.32 Å². The molecule has 0 heterocycles. The first-order chi connectivity index (χ1) is 9.81. The van der Waals surface area contributed by atoms with E-state index < -0.39 is 35.9 Å². The van der Waals surface area contributed by atoms with Crippen LogP contribution in [0.15, 0.2) is 18.2 Å². The summed E-state index contributed by atoms with van der Waals surface area (Å²) in [4.78, 5) is 33.8. The number of nitrogens with one attached hydrogen (secondary N) is 1. The molecule has 0 unspecified atom stereocenters. The fourth-order valence-electron chi connectivity index (χ4n) is 1.74. The molecule has 1 atom stereocenters. The molecule has 0 bridgehead atoms. The highest BCUT2D eigenvalue weighted by atomic mass is 19.1. The van der Waals surface area contributed by atoms with Crippen molar-refractivity contribution in [2.45, 2.75) is 32.2 Å². The standard InChI is InChI=1S/C14H16F2N2O3/c1-8(19)5-6-12(14(17)21)18-13(20)7-9-10(15)3-2-4-11(9)16/h2-4,12H,5-7H2,1H3,(H2,17,21)(H,18,20)/t12-/m0/s1. The molecule has 21 heavy (non-hydrogen) atoms. The number of hydrogen-bond donors (Lipinski definition) is 2. The van der Waals surface area contributed by atoms with Gasteiger partial charge in [-0.3, -0.25) is 9.59 Å². The van der Waals surface area contributed by atoms with Crippen LogP contribution in [0, 0.1) is 11.6 Å². The lowest BCUT2D eigenvalue weighted by atomic mass is 10.1. The quantitative estimate of drug-likeness (QED) is 0.782. The molecule has 0 saturated heterocycles. The molecular weight excluding hydrogens is 282 g/mol. The molecule has 0 saturated carbocycles. The van der Waals surface area contributed by atoms with E-state index in [-0.39, 0.29) is 24.2 Å². The first kappa shape index (κ1) is 16.7. The Morgan fingerprint density at radius 2 is 1.81 bits per heavy atom. The Morgan fingerprint density at radius 1 is 1.24 bits per heavy atom. The number of carbonyl (C=O) groups excluding carboxylic acids is 3. The zero-order valence-electron chi connectivity index (χ0n) is 11.5.